The maximum Gasteiger partial charge on any atom is 0.158 e. The van der Waals surface area contributed by atoms with Crippen molar-refractivity contribution in [3.63, 3.8) is 0 Å². The van der Waals surface area contributed by atoms with Crippen LogP contribution in [0, 0.1) is 6.92 Å². The van der Waals surface area contributed by atoms with Gasteiger partial charge in [0.2, 0.25) is 0 Å². The summed E-state index contributed by atoms with van der Waals surface area (Å²) in [7, 11) is 0. The highest BCUT2D eigenvalue weighted by Gasteiger charge is 2.06. The number of rotatable bonds is 4. The van der Waals surface area contributed by atoms with E-state index in [2.05, 4.69) is 25.6 Å². The lowest BCUT2D eigenvalue weighted by Gasteiger charge is -2.04. The zero-order valence-electron chi connectivity index (χ0n) is 12.5. The molecule has 24 heavy (non-hydrogen) atoms. The van der Waals surface area contributed by atoms with Gasteiger partial charge in [-0.05, 0) is 24.6 Å². The average Bonchev–Trinajstić information content (AvgIpc) is 2.99. The molecule has 0 atom stereocenters. The number of hydrogen-bond acceptors (Lipinski definition) is 6. The third kappa shape index (κ3) is 3.64. The normalized spacial score (nSPS) is 11.1. The number of anilines is 1. The molecule has 0 fully saturated rings. The van der Waals surface area contributed by atoms with Gasteiger partial charge in [0.25, 0.3) is 0 Å². The van der Waals surface area contributed by atoms with Gasteiger partial charge in [0.05, 0.1) is 17.4 Å². The number of halogens is 2. The highest BCUT2D eigenvalue weighted by atomic mass is 35.5. The first-order valence-corrected chi connectivity index (χ1v) is 7.59. The molecular weight excluding hydrogens is 351 g/mol. The summed E-state index contributed by atoms with van der Waals surface area (Å²) in [6.07, 6.45) is 6.38. The number of hydrazone groups is 1. The molecule has 0 aliphatic heterocycles. The number of phenols is 1. The molecule has 0 amide bonds. The molecule has 0 bridgehead atoms. The Labute approximate surface area is 147 Å². The highest BCUT2D eigenvalue weighted by molar-refractivity contribution is 6.36. The molecule has 2 N–H and O–H groups in total. The van der Waals surface area contributed by atoms with Gasteiger partial charge >= 0.3 is 0 Å². The van der Waals surface area contributed by atoms with Crippen molar-refractivity contribution in [2.45, 2.75) is 6.92 Å². The summed E-state index contributed by atoms with van der Waals surface area (Å²) in [6.45, 7) is 1.94. The largest absolute Gasteiger partial charge is 0.506 e. The van der Waals surface area contributed by atoms with Gasteiger partial charge in [-0.25, -0.2) is 14.6 Å². The van der Waals surface area contributed by atoms with E-state index in [1.165, 1.54) is 18.6 Å². The van der Waals surface area contributed by atoms with E-state index in [1.54, 1.807) is 23.0 Å². The van der Waals surface area contributed by atoms with Crippen molar-refractivity contribution in [2.75, 3.05) is 5.43 Å². The standard InChI is InChI=1S/C15H12Cl2N6O/c1-9-5-21-23(7-9)14-4-13(18-8-19-14)22-20-6-10-2-11(16)3-12(17)15(10)24/h2-8,24H,1H3,(H,18,19,22)/b20-6-. The number of nitrogens with one attached hydrogen (secondary N) is 1. The number of aromatic nitrogens is 4. The number of aryl methyl sites for hydroxylation is 1. The lowest BCUT2D eigenvalue weighted by atomic mass is 10.2. The molecule has 3 aromatic rings. The fourth-order valence-electron chi connectivity index (χ4n) is 1.92. The summed E-state index contributed by atoms with van der Waals surface area (Å²) >= 11 is 11.8. The molecular formula is C15H12Cl2N6O. The van der Waals surface area contributed by atoms with Gasteiger partial charge < -0.3 is 5.11 Å². The van der Waals surface area contributed by atoms with Crippen molar-refractivity contribution >= 4 is 35.2 Å². The number of phenolic OH excluding ortho intramolecular Hbond substituents is 1. The molecule has 0 aliphatic rings. The van der Waals surface area contributed by atoms with E-state index in [0.717, 1.165) is 5.56 Å². The van der Waals surface area contributed by atoms with Crippen LogP contribution in [0.2, 0.25) is 10.0 Å². The van der Waals surface area contributed by atoms with Crippen LogP contribution in [0.5, 0.6) is 5.75 Å². The van der Waals surface area contributed by atoms with Gasteiger partial charge in [-0.1, -0.05) is 23.2 Å². The predicted octanol–water partition coefficient (Wildman–Crippen LogP) is 3.43. The summed E-state index contributed by atoms with van der Waals surface area (Å²) in [4.78, 5) is 8.22. The average molecular weight is 363 g/mol. The Morgan fingerprint density at radius 2 is 2.08 bits per heavy atom. The molecule has 9 heteroatoms. The lowest BCUT2D eigenvalue weighted by molar-refractivity contribution is 0.475. The monoisotopic (exact) mass is 362 g/mol. The van der Waals surface area contributed by atoms with Gasteiger partial charge in [0.1, 0.15) is 12.1 Å². The van der Waals surface area contributed by atoms with E-state index < -0.39 is 0 Å². The molecule has 0 unspecified atom stereocenters. The predicted molar refractivity (Wildman–Crippen MR) is 93.2 cm³/mol. The molecule has 2 aromatic heterocycles. The molecule has 2 heterocycles. The molecule has 0 aliphatic carbocycles. The van der Waals surface area contributed by atoms with Gasteiger partial charge in [0.15, 0.2) is 11.6 Å². The smallest absolute Gasteiger partial charge is 0.158 e. The minimum Gasteiger partial charge on any atom is -0.506 e. The van der Waals surface area contributed by atoms with Crippen molar-refractivity contribution in [2.24, 2.45) is 5.10 Å². The van der Waals surface area contributed by atoms with Crippen molar-refractivity contribution in [3.05, 3.63) is 58.1 Å². The van der Waals surface area contributed by atoms with Crippen LogP contribution in [0.3, 0.4) is 0 Å². The van der Waals surface area contributed by atoms with E-state index in [0.29, 0.717) is 22.2 Å². The Bertz CT molecular complexity index is 909. The van der Waals surface area contributed by atoms with E-state index >= 15 is 0 Å². The maximum atomic E-state index is 9.87. The SMILES string of the molecule is Cc1cnn(-c2cc(N/N=C\c3cc(Cl)cc(Cl)c3O)ncn2)c1. The Balaban J connectivity index is 1.78. The zero-order valence-corrected chi connectivity index (χ0v) is 14.0. The Morgan fingerprint density at radius 1 is 1.25 bits per heavy atom. The molecule has 0 saturated carbocycles. The maximum absolute atomic E-state index is 9.87. The molecule has 1 aromatic carbocycles. The molecule has 0 radical (unpaired) electrons. The first-order chi connectivity index (χ1) is 11.5. The van der Waals surface area contributed by atoms with Gasteiger partial charge in [-0.2, -0.15) is 10.2 Å². The summed E-state index contributed by atoms with van der Waals surface area (Å²) in [5.41, 5.74) is 4.16. The molecule has 122 valence electrons. The Hall–Kier alpha value is -2.64. The summed E-state index contributed by atoms with van der Waals surface area (Å²) in [5, 5.41) is 18.6. The van der Waals surface area contributed by atoms with E-state index in [1.807, 2.05) is 13.1 Å². The third-order valence-electron chi connectivity index (χ3n) is 3.04. The first-order valence-electron chi connectivity index (χ1n) is 6.84. The minimum absolute atomic E-state index is 0.0954. The highest BCUT2D eigenvalue weighted by Crippen LogP contribution is 2.29. The summed E-state index contributed by atoms with van der Waals surface area (Å²) in [5.74, 6) is 0.975. The Morgan fingerprint density at radius 3 is 2.83 bits per heavy atom. The number of aromatic hydroxyl groups is 1. The van der Waals surface area contributed by atoms with Crippen LogP contribution < -0.4 is 5.43 Å². The second-order valence-electron chi connectivity index (χ2n) is 4.92. The van der Waals surface area contributed by atoms with Crippen molar-refractivity contribution < 1.29 is 5.11 Å². The fourth-order valence-corrected chi connectivity index (χ4v) is 2.43. The van der Waals surface area contributed by atoms with Crippen molar-refractivity contribution in [1.29, 1.82) is 0 Å². The number of nitrogens with zero attached hydrogens (tertiary/aromatic N) is 5. The van der Waals surface area contributed by atoms with Crippen LogP contribution in [-0.2, 0) is 0 Å². The minimum atomic E-state index is -0.0954. The lowest BCUT2D eigenvalue weighted by Crippen LogP contribution is -2.01. The second kappa shape index (κ2) is 6.86. The second-order valence-corrected chi connectivity index (χ2v) is 5.76. The fraction of sp³-hybridized carbons (Fsp3) is 0.0667. The topological polar surface area (TPSA) is 88.2 Å². The van der Waals surface area contributed by atoms with Gasteiger partial charge in [-0.15, -0.1) is 0 Å². The molecule has 3 rings (SSSR count). The quantitative estimate of drug-likeness (QED) is 0.548. The zero-order chi connectivity index (χ0) is 17.1. The molecule has 0 saturated heterocycles. The first kappa shape index (κ1) is 16.2. The summed E-state index contributed by atoms with van der Waals surface area (Å²) < 4.78 is 1.63. The third-order valence-corrected chi connectivity index (χ3v) is 3.55. The van der Waals surface area contributed by atoms with Crippen LogP contribution >= 0.6 is 23.2 Å². The van der Waals surface area contributed by atoms with Crippen LogP contribution in [0.15, 0.2) is 42.0 Å². The Kier molecular flexibility index (Phi) is 4.64. The van der Waals surface area contributed by atoms with Gasteiger partial charge in [0, 0.05) is 22.8 Å². The van der Waals surface area contributed by atoms with Crippen LogP contribution in [0.25, 0.3) is 5.82 Å². The van der Waals surface area contributed by atoms with Crippen molar-refractivity contribution in [1.82, 2.24) is 19.7 Å². The summed E-state index contributed by atoms with van der Waals surface area (Å²) in [6, 6.07) is 4.69. The van der Waals surface area contributed by atoms with Crippen molar-refractivity contribution in [3.8, 4) is 11.6 Å². The van der Waals surface area contributed by atoms with E-state index in [9.17, 15) is 5.11 Å². The van der Waals surface area contributed by atoms with Crippen LogP contribution in [0.4, 0.5) is 5.82 Å². The van der Waals surface area contributed by atoms with E-state index in [4.69, 9.17) is 23.2 Å². The molecule has 0 spiro atoms. The number of hydrogen-bond donors (Lipinski definition) is 2. The van der Waals surface area contributed by atoms with Crippen LogP contribution in [-0.4, -0.2) is 31.1 Å². The van der Waals surface area contributed by atoms with E-state index in [-0.39, 0.29) is 10.8 Å². The number of benzene rings is 1. The van der Waals surface area contributed by atoms with Gasteiger partial charge in [-0.3, -0.25) is 5.43 Å². The van der Waals surface area contributed by atoms with Crippen LogP contribution in [0.1, 0.15) is 11.1 Å². The molecule has 7 nitrogen and oxygen atoms in total.